The van der Waals surface area contributed by atoms with Crippen LogP contribution in [0.5, 0.6) is 5.75 Å². The molecule has 1 aliphatic carbocycles. The highest BCUT2D eigenvalue weighted by molar-refractivity contribution is 5.97. The molecule has 2 aromatic carbocycles. The van der Waals surface area contributed by atoms with E-state index in [2.05, 4.69) is 0 Å². The minimum absolute atomic E-state index is 0.182. The number of carbonyl (C=O) groups is 2. The number of fused-ring (bicyclic) bond motifs is 2. The van der Waals surface area contributed by atoms with Crippen molar-refractivity contribution in [3.63, 3.8) is 0 Å². The summed E-state index contributed by atoms with van der Waals surface area (Å²) in [7, 11) is 0. The van der Waals surface area contributed by atoms with Crippen molar-refractivity contribution < 1.29 is 27.5 Å². The number of para-hydroxylation sites is 1. The number of piperidine rings is 1. The highest BCUT2D eigenvalue weighted by Crippen LogP contribution is 2.44. The summed E-state index contributed by atoms with van der Waals surface area (Å²) in [6.45, 7) is 0.289. The first-order valence-electron chi connectivity index (χ1n) is 9.50. The SMILES string of the molecule is O=C(COc1ccccc1C(F)(F)F)N1CCC2(CC1)C(=O)Cc1ccccc12. The molecule has 1 saturated heterocycles. The minimum Gasteiger partial charge on any atom is -0.483 e. The zero-order chi connectivity index (χ0) is 20.6. The molecule has 0 saturated carbocycles. The number of Topliss-reactive ketones (excluding diaryl/α,β-unsaturated/α-hetero) is 1. The van der Waals surface area contributed by atoms with Crippen molar-refractivity contribution in [1.82, 2.24) is 4.90 Å². The Balaban J connectivity index is 1.40. The van der Waals surface area contributed by atoms with E-state index in [0.717, 1.165) is 17.2 Å². The molecule has 0 aromatic heterocycles. The Morgan fingerprint density at radius 1 is 1.03 bits per heavy atom. The van der Waals surface area contributed by atoms with Crippen LogP contribution in [0.25, 0.3) is 0 Å². The third-order valence-corrected chi connectivity index (χ3v) is 5.93. The zero-order valence-electron chi connectivity index (χ0n) is 15.7. The number of ketones is 1. The molecule has 0 unspecified atom stereocenters. The molecule has 0 bridgehead atoms. The van der Waals surface area contributed by atoms with Crippen molar-refractivity contribution in [2.75, 3.05) is 19.7 Å². The van der Waals surface area contributed by atoms with Crippen LogP contribution >= 0.6 is 0 Å². The molecule has 0 atom stereocenters. The van der Waals surface area contributed by atoms with Crippen LogP contribution in [0.2, 0.25) is 0 Å². The lowest BCUT2D eigenvalue weighted by molar-refractivity contribution is -0.141. The van der Waals surface area contributed by atoms with Gasteiger partial charge in [-0.3, -0.25) is 9.59 Å². The Hall–Kier alpha value is -2.83. The first kappa shape index (κ1) is 19.5. The van der Waals surface area contributed by atoms with Gasteiger partial charge in [-0.05, 0) is 36.1 Å². The van der Waals surface area contributed by atoms with E-state index in [0.29, 0.717) is 32.4 Å². The van der Waals surface area contributed by atoms with Gasteiger partial charge in [0.2, 0.25) is 0 Å². The number of carbonyl (C=O) groups excluding carboxylic acids is 2. The van der Waals surface area contributed by atoms with Gasteiger partial charge >= 0.3 is 6.18 Å². The molecule has 29 heavy (non-hydrogen) atoms. The number of hydrogen-bond donors (Lipinski definition) is 0. The van der Waals surface area contributed by atoms with Gasteiger partial charge in [0, 0.05) is 19.5 Å². The highest BCUT2D eigenvalue weighted by atomic mass is 19.4. The molecule has 1 fully saturated rings. The normalized spacial score (nSPS) is 18.0. The predicted octanol–water partition coefficient (Wildman–Crippen LogP) is 3.77. The van der Waals surface area contributed by atoms with Crippen LogP contribution in [0.3, 0.4) is 0 Å². The standard InChI is InChI=1S/C22H20F3NO3/c23-22(24,25)17-7-3-4-8-18(17)29-14-20(28)26-11-9-21(10-12-26)16-6-2-1-5-15(16)13-19(21)27/h1-8H,9-14H2. The van der Waals surface area contributed by atoms with Gasteiger partial charge in [-0.25, -0.2) is 0 Å². The van der Waals surface area contributed by atoms with Gasteiger partial charge in [-0.2, -0.15) is 13.2 Å². The first-order chi connectivity index (χ1) is 13.8. The number of amides is 1. The Morgan fingerprint density at radius 2 is 1.69 bits per heavy atom. The van der Waals surface area contributed by atoms with Crippen molar-refractivity contribution in [3.8, 4) is 5.75 Å². The van der Waals surface area contributed by atoms with Crippen molar-refractivity contribution in [2.24, 2.45) is 0 Å². The fourth-order valence-electron chi connectivity index (χ4n) is 4.38. The van der Waals surface area contributed by atoms with E-state index >= 15 is 0 Å². The van der Waals surface area contributed by atoms with Gasteiger partial charge in [0.15, 0.2) is 6.61 Å². The van der Waals surface area contributed by atoms with E-state index in [1.807, 2.05) is 24.3 Å². The molecule has 4 nitrogen and oxygen atoms in total. The maximum atomic E-state index is 13.0. The average Bonchev–Trinajstić information content (AvgIpc) is 2.98. The number of benzene rings is 2. The number of likely N-dealkylation sites (tertiary alicyclic amines) is 1. The van der Waals surface area contributed by atoms with E-state index in [9.17, 15) is 22.8 Å². The Labute approximate surface area is 166 Å². The summed E-state index contributed by atoms with van der Waals surface area (Å²) in [5, 5.41) is 0. The van der Waals surface area contributed by atoms with Crippen molar-refractivity contribution >= 4 is 11.7 Å². The van der Waals surface area contributed by atoms with Gasteiger partial charge in [-0.15, -0.1) is 0 Å². The molecule has 2 aliphatic rings. The maximum absolute atomic E-state index is 13.0. The number of hydrogen-bond acceptors (Lipinski definition) is 3. The van der Waals surface area contributed by atoms with Gasteiger partial charge < -0.3 is 9.64 Å². The summed E-state index contributed by atoms with van der Waals surface area (Å²) < 4.78 is 44.3. The highest BCUT2D eigenvalue weighted by Gasteiger charge is 2.48. The monoisotopic (exact) mass is 403 g/mol. The molecule has 1 aliphatic heterocycles. The summed E-state index contributed by atoms with van der Waals surface area (Å²) in [5.74, 6) is -0.557. The van der Waals surface area contributed by atoms with Crippen LogP contribution < -0.4 is 4.74 Å². The van der Waals surface area contributed by atoms with Crippen LogP contribution in [0.15, 0.2) is 48.5 Å². The van der Waals surface area contributed by atoms with Crippen molar-refractivity contribution in [3.05, 3.63) is 65.2 Å². The van der Waals surface area contributed by atoms with Gasteiger partial charge in [0.1, 0.15) is 11.5 Å². The van der Waals surface area contributed by atoms with Gasteiger partial charge in [-0.1, -0.05) is 36.4 Å². The summed E-state index contributed by atoms with van der Waals surface area (Å²) in [6, 6.07) is 12.6. The van der Waals surface area contributed by atoms with Crippen LogP contribution in [0.4, 0.5) is 13.2 Å². The van der Waals surface area contributed by atoms with E-state index < -0.39 is 23.8 Å². The van der Waals surface area contributed by atoms with E-state index in [1.165, 1.54) is 18.2 Å². The lowest BCUT2D eigenvalue weighted by Gasteiger charge is -2.39. The minimum atomic E-state index is -4.55. The summed E-state index contributed by atoms with van der Waals surface area (Å²) in [4.78, 5) is 26.8. The quantitative estimate of drug-likeness (QED) is 0.784. The molecule has 2 aromatic rings. The summed E-state index contributed by atoms with van der Waals surface area (Å²) in [6.07, 6.45) is -3.09. The Kier molecular flexibility index (Phi) is 4.84. The number of ether oxygens (including phenoxy) is 1. The second-order valence-corrected chi connectivity index (χ2v) is 7.50. The lowest BCUT2D eigenvalue weighted by atomic mass is 9.73. The second kappa shape index (κ2) is 7.21. The van der Waals surface area contributed by atoms with E-state index in [1.54, 1.807) is 4.90 Å². The number of nitrogens with zero attached hydrogens (tertiary/aromatic N) is 1. The second-order valence-electron chi connectivity index (χ2n) is 7.50. The zero-order valence-corrected chi connectivity index (χ0v) is 15.7. The molecule has 1 amide bonds. The van der Waals surface area contributed by atoms with E-state index in [-0.39, 0.29) is 17.4 Å². The Morgan fingerprint density at radius 3 is 2.41 bits per heavy atom. The maximum Gasteiger partial charge on any atom is 0.419 e. The molecule has 0 N–H and O–H groups in total. The van der Waals surface area contributed by atoms with Crippen LogP contribution in [-0.4, -0.2) is 36.3 Å². The molecule has 4 rings (SSSR count). The predicted molar refractivity (Wildman–Crippen MR) is 99.6 cm³/mol. The largest absolute Gasteiger partial charge is 0.483 e. The van der Waals surface area contributed by atoms with Crippen molar-refractivity contribution in [2.45, 2.75) is 30.9 Å². The van der Waals surface area contributed by atoms with Gasteiger partial charge in [0.25, 0.3) is 5.91 Å². The lowest BCUT2D eigenvalue weighted by Crippen LogP contribution is -2.48. The van der Waals surface area contributed by atoms with Crippen LogP contribution in [-0.2, 0) is 27.6 Å². The van der Waals surface area contributed by atoms with Gasteiger partial charge in [0.05, 0.1) is 11.0 Å². The smallest absolute Gasteiger partial charge is 0.419 e. The topological polar surface area (TPSA) is 46.6 Å². The van der Waals surface area contributed by atoms with Crippen LogP contribution in [0, 0.1) is 0 Å². The molecule has 152 valence electrons. The Bertz CT molecular complexity index is 946. The fourth-order valence-corrected chi connectivity index (χ4v) is 4.38. The molecule has 7 heteroatoms. The number of alkyl halides is 3. The number of rotatable bonds is 3. The van der Waals surface area contributed by atoms with E-state index in [4.69, 9.17) is 4.74 Å². The third-order valence-electron chi connectivity index (χ3n) is 5.93. The molecule has 1 spiro atoms. The average molecular weight is 403 g/mol. The molecular formula is C22H20F3NO3. The number of halogens is 3. The molecular weight excluding hydrogens is 383 g/mol. The summed E-state index contributed by atoms with van der Waals surface area (Å²) >= 11 is 0. The van der Waals surface area contributed by atoms with Crippen LogP contribution in [0.1, 0.15) is 29.5 Å². The first-order valence-corrected chi connectivity index (χ1v) is 9.50. The summed E-state index contributed by atoms with van der Waals surface area (Å²) in [5.41, 5.74) is 0.646. The van der Waals surface area contributed by atoms with Crippen molar-refractivity contribution in [1.29, 1.82) is 0 Å². The molecule has 1 heterocycles. The third kappa shape index (κ3) is 3.50. The fraction of sp³-hybridized carbons (Fsp3) is 0.364. The molecule has 0 radical (unpaired) electrons.